The van der Waals surface area contributed by atoms with Gasteiger partial charge in [-0.2, -0.15) is 0 Å². The van der Waals surface area contributed by atoms with E-state index in [1.54, 1.807) is 10.8 Å². The van der Waals surface area contributed by atoms with Crippen LogP contribution >= 0.6 is 0 Å². The zero-order valence-corrected chi connectivity index (χ0v) is 12.6. The van der Waals surface area contributed by atoms with E-state index in [1.807, 2.05) is 19.1 Å². The second kappa shape index (κ2) is 5.53. The molecule has 1 aromatic heterocycles. The Bertz CT molecular complexity index is 660. The summed E-state index contributed by atoms with van der Waals surface area (Å²) in [5.74, 6) is 0. The van der Waals surface area contributed by atoms with Crippen molar-refractivity contribution in [1.82, 2.24) is 9.55 Å². The van der Waals surface area contributed by atoms with Gasteiger partial charge in [-0.1, -0.05) is 31.4 Å². The Morgan fingerprint density at radius 3 is 2.38 bits per heavy atom. The molecule has 1 aliphatic rings. The number of aromatic amines is 1. The minimum Gasteiger partial charge on any atom is -0.330 e. The maximum Gasteiger partial charge on any atom is 0.330 e. The molecule has 21 heavy (non-hydrogen) atoms. The Balaban J connectivity index is 1.95. The van der Waals surface area contributed by atoms with Gasteiger partial charge in [0.2, 0.25) is 0 Å². The Hall–Kier alpha value is -1.81. The van der Waals surface area contributed by atoms with Crippen LogP contribution < -0.4 is 11.4 Å². The van der Waals surface area contributed by atoms with Crippen LogP contribution in [0.4, 0.5) is 0 Å². The molecular weight excluding hydrogens is 262 g/mol. The van der Waals surface area contributed by atoms with Gasteiger partial charge in [0.25, 0.3) is 0 Å². The quantitative estimate of drug-likeness (QED) is 0.910. The number of benzene rings is 1. The van der Waals surface area contributed by atoms with E-state index < -0.39 is 0 Å². The molecule has 4 heteroatoms. The lowest BCUT2D eigenvalue weighted by Gasteiger charge is -2.37. The molecule has 0 bridgehead atoms. The highest BCUT2D eigenvalue weighted by Crippen LogP contribution is 2.38. The Morgan fingerprint density at radius 1 is 1.19 bits per heavy atom. The summed E-state index contributed by atoms with van der Waals surface area (Å²) in [7, 11) is 0. The summed E-state index contributed by atoms with van der Waals surface area (Å²) < 4.78 is 1.69. The van der Waals surface area contributed by atoms with Crippen LogP contribution in [0.2, 0.25) is 0 Å². The average molecular weight is 285 g/mol. The van der Waals surface area contributed by atoms with Crippen molar-refractivity contribution < 1.29 is 0 Å². The number of H-pyrrole nitrogens is 1. The minimum absolute atomic E-state index is 0.0912. The molecule has 2 aromatic rings. The molecule has 0 unspecified atom stereocenters. The van der Waals surface area contributed by atoms with Gasteiger partial charge in [0.05, 0.1) is 5.69 Å². The number of rotatable bonds is 3. The largest absolute Gasteiger partial charge is 0.330 e. The molecule has 1 saturated carbocycles. The van der Waals surface area contributed by atoms with Crippen LogP contribution in [0.5, 0.6) is 0 Å². The first-order valence-corrected chi connectivity index (χ1v) is 7.74. The lowest BCUT2D eigenvalue weighted by atomic mass is 9.69. The molecule has 112 valence electrons. The van der Waals surface area contributed by atoms with Crippen LogP contribution in [0.3, 0.4) is 0 Å². The summed E-state index contributed by atoms with van der Waals surface area (Å²) in [6.45, 7) is 2.63. The second-order valence-electron chi connectivity index (χ2n) is 6.16. The van der Waals surface area contributed by atoms with E-state index in [2.05, 4.69) is 17.1 Å². The maximum atomic E-state index is 11.8. The summed E-state index contributed by atoms with van der Waals surface area (Å²) in [5, 5.41) is 0. The molecule has 1 heterocycles. The highest BCUT2D eigenvalue weighted by molar-refractivity contribution is 5.39. The normalized spacial score (nSPS) is 17.8. The Morgan fingerprint density at radius 2 is 1.86 bits per heavy atom. The molecule has 0 saturated heterocycles. The first-order chi connectivity index (χ1) is 10.2. The van der Waals surface area contributed by atoms with Gasteiger partial charge in [-0.25, -0.2) is 4.79 Å². The van der Waals surface area contributed by atoms with E-state index in [1.165, 1.54) is 37.7 Å². The first kappa shape index (κ1) is 14.1. The molecule has 0 atom stereocenters. The molecule has 0 amide bonds. The topological polar surface area (TPSA) is 63.8 Å². The van der Waals surface area contributed by atoms with Gasteiger partial charge >= 0.3 is 5.69 Å². The number of aromatic nitrogens is 2. The second-order valence-corrected chi connectivity index (χ2v) is 6.16. The van der Waals surface area contributed by atoms with Gasteiger partial charge in [0.1, 0.15) is 0 Å². The third-order valence-corrected chi connectivity index (χ3v) is 4.90. The third-order valence-electron chi connectivity index (χ3n) is 4.90. The van der Waals surface area contributed by atoms with Crippen molar-refractivity contribution in [3.8, 4) is 5.69 Å². The standard InChI is InChI=1S/C17H23N3O/c1-13-11-19-16(21)20(13)15-7-5-14(6-8-15)17(12-18)9-3-2-4-10-17/h5-8,11H,2-4,9-10,12,18H2,1H3,(H,19,21). The van der Waals surface area contributed by atoms with Crippen molar-refractivity contribution in [2.24, 2.45) is 5.73 Å². The fourth-order valence-electron chi connectivity index (χ4n) is 3.58. The Kier molecular flexibility index (Phi) is 3.72. The predicted molar refractivity (Wildman–Crippen MR) is 84.9 cm³/mol. The van der Waals surface area contributed by atoms with Gasteiger partial charge in [-0.15, -0.1) is 0 Å². The lowest BCUT2D eigenvalue weighted by Crippen LogP contribution is -2.37. The van der Waals surface area contributed by atoms with Crippen molar-refractivity contribution in [2.45, 2.75) is 44.4 Å². The number of imidazole rings is 1. The fourth-order valence-corrected chi connectivity index (χ4v) is 3.58. The molecular formula is C17H23N3O. The summed E-state index contributed by atoms with van der Waals surface area (Å²) in [5.41, 5.74) is 9.27. The van der Waals surface area contributed by atoms with Crippen molar-refractivity contribution in [3.63, 3.8) is 0 Å². The minimum atomic E-state index is -0.0912. The molecule has 0 aliphatic heterocycles. The highest BCUT2D eigenvalue weighted by Gasteiger charge is 2.32. The fraction of sp³-hybridized carbons (Fsp3) is 0.471. The van der Waals surface area contributed by atoms with E-state index in [9.17, 15) is 4.79 Å². The summed E-state index contributed by atoms with van der Waals surface area (Å²) in [6.07, 6.45) is 7.92. The number of hydrogen-bond donors (Lipinski definition) is 2. The van der Waals surface area contributed by atoms with Crippen molar-refractivity contribution >= 4 is 0 Å². The van der Waals surface area contributed by atoms with E-state index in [4.69, 9.17) is 5.73 Å². The average Bonchev–Trinajstić information content (AvgIpc) is 2.87. The van der Waals surface area contributed by atoms with Crippen molar-refractivity contribution in [3.05, 3.63) is 52.2 Å². The van der Waals surface area contributed by atoms with E-state index in [0.29, 0.717) is 6.54 Å². The molecule has 3 rings (SSSR count). The molecule has 1 fully saturated rings. The van der Waals surface area contributed by atoms with Crippen molar-refractivity contribution in [1.29, 1.82) is 0 Å². The Labute approximate surface area is 125 Å². The highest BCUT2D eigenvalue weighted by atomic mass is 16.1. The number of aryl methyl sites for hydroxylation is 1. The molecule has 4 nitrogen and oxygen atoms in total. The summed E-state index contributed by atoms with van der Waals surface area (Å²) in [6, 6.07) is 8.35. The maximum absolute atomic E-state index is 11.8. The molecule has 0 spiro atoms. The monoisotopic (exact) mass is 285 g/mol. The van der Waals surface area contributed by atoms with Crippen LogP contribution in [-0.4, -0.2) is 16.1 Å². The number of nitrogens with one attached hydrogen (secondary N) is 1. The SMILES string of the molecule is Cc1c[nH]c(=O)n1-c1ccc(C2(CN)CCCCC2)cc1. The summed E-state index contributed by atoms with van der Waals surface area (Å²) >= 11 is 0. The van der Waals surface area contributed by atoms with Crippen LogP contribution in [0.25, 0.3) is 5.69 Å². The lowest BCUT2D eigenvalue weighted by molar-refractivity contribution is 0.301. The van der Waals surface area contributed by atoms with E-state index >= 15 is 0 Å². The van der Waals surface area contributed by atoms with Gasteiger partial charge in [0, 0.05) is 23.9 Å². The molecule has 0 radical (unpaired) electrons. The smallest absolute Gasteiger partial charge is 0.330 e. The van der Waals surface area contributed by atoms with E-state index in [-0.39, 0.29) is 11.1 Å². The van der Waals surface area contributed by atoms with Crippen LogP contribution in [0.1, 0.15) is 43.4 Å². The van der Waals surface area contributed by atoms with Gasteiger partial charge in [-0.3, -0.25) is 4.57 Å². The number of nitrogens with two attached hydrogens (primary N) is 1. The number of nitrogens with zero attached hydrogens (tertiary/aromatic N) is 1. The molecule has 1 aliphatic carbocycles. The molecule has 1 aromatic carbocycles. The van der Waals surface area contributed by atoms with Gasteiger partial charge in [0.15, 0.2) is 0 Å². The van der Waals surface area contributed by atoms with E-state index in [0.717, 1.165) is 11.4 Å². The predicted octanol–water partition coefficient (Wildman–Crippen LogP) is 2.63. The number of hydrogen-bond acceptors (Lipinski definition) is 2. The van der Waals surface area contributed by atoms with Crippen LogP contribution in [0, 0.1) is 6.92 Å². The zero-order chi connectivity index (χ0) is 14.9. The van der Waals surface area contributed by atoms with Crippen molar-refractivity contribution in [2.75, 3.05) is 6.54 Å². The first-order valence-electron chi connectivity index (χ1n) is 7.74. The van der Waals surface area contributed by atoms with Gasteiger partial charge < -0.3 is 10.7 Å². The zero-order valence-electron chi connectivity index (χ0n) is 12.6. The van der Waals surface area contributed by atoms with Crippen LogP contribution in [0.15, 0.2) is 35.3 Å². The van der Waals surface area contributed by atoms with Crippen LogP contribution in [-0.2, 0) is 5.41 Å². The summed E-state index contributed by atoms with van der Waals surface area (Å²) in [4.78, 5) is 14.6. The molecule has 3 N–H and O–H groups in total. The van der Waals surface area contributed by atoms with Gasteiger partial charge in [-0.05, 0) is 37.5 Å². The third kappa shape index (κ3) is 2.44.